The number of pyridine rings is 1. The first kappa shape index (κ1) is 30.3. The van der Waals surface area contributed by atoms with Crippen LogP contribution in [-0.4, -0.2) is 40.5 Å². The van der Waals surface area contributed by atoms with Gasteiger partial charge in [-0.25, -0.2) is 4.98 Å². The third-order valence-corrected chi connectivity index (χ3v) is 7.35. The molecule has 0 unspecified atom stereocenters. The number of aromatic nitrogens is 1. The first-order valence-corrected chi connectivity index (χ1v) is 13.4. The van der Waals surface area contributed by atoms with Gasteiger partial charge in [-0.05, 0) is 56.9 Å². The number of nitrogens with zero attached hydrogens (tertiary/aromatic N) is 1. The highest BCUT2D eigenvalue weighted by molar-refractivity contribution is 6.35. The molecule has 39 heavy (non-hydrogen) atoms. The first-order chi connectivity index (χ1) is 18.4. The van der Waals surface area contributed by atoms with Crippen LogP contribution in [-0.2, 0) is 11.2 Å². The molecule has 0 saturated carbocycles. The summed E-state index contributed by atoms with van der Waals surface area (Å²) < 4.78 is 11.5. The molecule has 2 N–H and O–H groups in total. The lowest BCUT2D eigenvalue weighted by atomic mass is 9.74. The molecule has 1 aromatic heterocycles. The zero-order valence-corrected chi connectivity index (χ0v) is 24.2. The second kappa shape index (κ2) is 13.2. The number of carbonyl (C=O) groups excluding carboxylic acids is 2. The number of Topliss-reactive ketones (excluding diaryl/α,β-unsaturated/α-hetero) is 1. The quantitative estimate of drug-likeness (QED) is 0.256. The zero-order chi connectivity index (χ0) is 28.7. The Labute approximate surface area is 239 Å². The van der Waals surface area contributed by atoms with E-state index in [4.69, 9.17) is 32.7 Å². The molecule has 0 saturated heterocycles. The van der Waals surface area contributed by atoms with Gasteiger partial charge in [-0.3, -0.25) is 9.59 Å². The van der Waals surface area contributed by atoms with E-state index >= 15 is 0 Å². The monoisotopic (exact) mass is 572 g/mol. The number of carbonyl (C=O) groups is 2. The minimum Gasteiger partial charge on any atom is -0.503 e. The van der Waals surface area contributed by atoms with E-state index in [0.29, 0.717) is 22.2 Å². The molecule has 1 heterocycles. The number of nitrogens with one attached hydrogen (secondary N) is 1. The normalized spacial score (nSPS) is 13.7. The molecule has 0 bridgehead atoms. The third kappa shape index (κ3) is 7.87. The van der Waals surface area contributed by atoms with Gasteiger partial charge in [0.15, 0.2) is 23.0 Å². The van der Waals surface area contributed by atoms with Crippen LogP contribution in [0.3, 0.4) is 0 Å². The van der Waals surface area contributed by atoms with Gasteiger partial charge in [0.1, 0.15) is 11.4 Å². The van der Waals surface area contributed by atoms with Crippen LogP contribution >= 0.6 is 23.2 Å². The van der Waals surface area contributed by atoms with Crippen molar-refractivity contribution in [2.75, 3.05) is 7.11 Å². The molecule has 1 amide bonds. The number of halogens is 2. The summed E-state index contributed by atoms with van der Waals surface area (Å²) in [5, 5.41) is 13.8. The fraction of sp³-hybridized carbons (Fsp3) is 0.367. The molecule has 3 atom stereocenters. The number of methoxy groups -OCH3 is 1. The van der Waals surface area contributed by atoms with Crippen molar-refractivity contribution in [2.45, 2.75) is 52.2 Å². The molecular formula is C30H34Cl2N2O5. The van der Waals surface area contributed by atoms with E-state index in [2.05, 4.69) is 10.3 Å². The molecule has 0 aliphatic rings. The second-order valence-corrected chi connectivity index (χ2v) is 11.0. The summed E-state index contributed by atoms with van der Waals surface area (Å²) in [5.41, 5.74) is 0.190. The Hall–Kier alpha value is -3.29. The number of hydrogen-bond donors (Lipinski definition) is 2. The van der Waals surface area contributed by atoms with Crippen LogP contribution in [0, 0.1) is 11.8 Å². The molecule has 9 heteroatoms. The second-order valence-electron chi connectivity index (χ2n) is 10.1. The number of hydrogen-bond acceptors (Lipinski definition) is 6. The summed E-state index contributed by atoms with van der Waals surface area (Å²) in [6.07, 6.45) is 2.21. The Morgan fingerprint density at radius 3 is 2.38 bits per heavy atom. The Balaban J connectivity index is 1.77. The van der Waals surface area contributed by atoms with Gasteiger partial charge < -0.3 is 19.9 Å². The highest BCUT2D eigenvalue weighted by atomic mass is 35.5. The van der Waals surface area contributed by atoms with Gasteiger partial charge in [0.2, 0.25) is 0 Å². The van der Waals surface area contributed by atoms with E-state index in [9.17, 15) is 14.7 Å². The third-order valence-electron chi connectivity index (χ3n) is 6.82. The molecular weight excluding hydrogens is 539 g/mol. The molecule has 7 nitrogen and oxygen atoms in total. The molecule has 0 fully saturated rings. The predicted octanol–water partition coefficient (Wildman–Crippen LogP) is 6.53. The molecule has 3 rings (SSSR count). The van der Waals surface area contributed by atoms with Crippen LogP contribution < -0.4 is 14.8 Å². The zero-order valence-electron chi connectivity index (χ0n) is 22.7. The minimum atomic E-state index is -0.806. The maximum atomic E-state index is 13.3. The van der Waals surface area contributed by atoms with Gasteiger partial charge in [0, 0.05) is 29.6 Å². The molecule has 0 spiro atoms. The maximum Gasteiger partial charge on any atom is 0.274 e. The van der Waals surface area contributed by atoms with Crippen molar-refractivity contribution in [3.63, 3.8) is 0 Å². The smallest absolute Gasteiger partial charge is 0.274 e. The van der Waals surface area contributed by atoms with Gasteiger partial charge >= 0.3 is 0 Å². The SMILES string of the molecule is COc1ccnc(C(=O)N[C@@H](C)C(=O)C[C@@H](C)[C@H](Cc2ccccc2)C(C)(C)Oc2ccc(Cl)cc2Cl)c1O. The summed E-state index contributed by atoms with van der Waals surface area (Å²) in [5.74, 6) is -0.793. The van der Waals surface area contributed by atoms with E-state index in [-0.39, 0.29) is 41.2 Å². The predicted molar refractivity (Wildman–Crippen MR) is 153 cm³/mol. The van der Waals surface area contributed by atoms with E-state index in [1.54, 1.807) is 25.1 Å². The molecule has 0 aliphatic carbocycles. The first-order valence-electron chi connectivity index (χ1n) is 12.7. The number of ether oxygens (including phenoxy) is 2. The van der Waals surface area contributed by atoms with E-state index in [0.717, 1.165) is 5.56 Å². The topological polar surface area (TPSA) is 97.8 Å². The van der Waals surface area contributed by atoms with E-state index < -0.39 is 17.6 Å². The van der Waals surface area contributed by atoms with Gasteiger partial charge in [0.25, 0.3) is 5.91 Å². The fourth-order valence-corrected chi connectivity index (χ4v) is 5.11. The lowest BCUT2D eigenvalue weighted by Gasteiger charge is -2.39. The largest absolute Gasteiger partial charge is 0.503 e. The Bertz CT molecular complexity index is 1300. The fourth-order valence-electron chi connectivity index (χ4n) is 4.67. The van der Waals surface area contributed by atoms with Crippen molar-refractivity contribution >= 4 is 34.9 Å². The highest BCUT2D eigenvalue weighted by Gasteiger charge is 2.37. The molecule has 0 radical (unpaired) electrons. The summed E-state index contributed by atoms with van der Waals surface area (Å²) in [6.45, 7) is 7.58. The molecule has 3 aromatic rings. The summed E-state index contributed by atoms with van der Waals surface area (Å²) in [6, 6.07) is 15.7. The molecule has 2 aromatic carbocycles. The lowest BCUT2D eigenvalue weighted by Crippen LogP contribution is -2.45. The summed E-state index contributed by atoms with van der Waals surface area (Å²) >= 11 is 12.5. The van der Waals surface area contributed by atoms with Gasteiger partial charge in [-0.1, -0.05) is 60.5 Å². The van der Waals surface area contributed by atoms with Gasteiger partial charge in [0.05, 0.1) is 18.2 Å². The Kier molecular flexibility index (Phi) is 10.2. The van der Waals surface area contributed by atoms with Crippen LogP contribution in [0.5, 0.6) is 17.2 Å². The van der Waals surface area contributed by atoms with Crippen molar-refractivity contribution in [1.29, 1.82) is 0 Å². The number of aromatic hydroxyl groups is 1. The number of amides is 1. The average molecular weight is 574 g/mol. The Morgan fingerprint density at radius 1 is 1.05 bits per heavy atom. The Morgan fingerprint density at radius 2 is 1.74 bits per heavy atom. The van der Waals surface area contributed by atoms with Crippen molar-refractivity contribution in [2.24, 2.45) is 11.8 Å². The molecule has 208 valence electrons. The van der Waals surface area contributed by atoms with Gasteiger partial charge in [-0.2, -0.15) is 0 Å². The number of rotatable bonds is 12. The van der Waals surface area contributed by atoms with Crippen molar-refractivity contribution in [1.82, 2.24) is 10.3 Å². The average Bonchev–Trinajstić information content (AvgIpc) is 2.89. The summed E-state index contributed by atoms with van der Waals surface area (Å²) in [7, 11) is 1.38. The van der Waals surface area contributed by atoms with E-state index in [1.807, 2.05) is 51.1 Å². The summed E-state index contributed by atoms with van der Waals surface area (Å²) in [4.78, 5) is 29.9. The van der Waals surface area contributed by atoms with Crippen LogP contribution in [0.25, 0.3) is 0 Å². The minimum absolute atomic E-state index is 0.0948. The van der Waals surface area contributed by atoms with Crippen LogP contribution in [0.1, 0.15) is 50.2 Å². The number of benzene rings is 2. The number of ketones is 1. The van der Waals surface area contributed by atoms with Gasteiger partial charge in [-0.15, -0.1) is 0 Å². The van der Waals surface area contributed by atoms with Crippen molar-refractivity contribution < 1.29 is 24.2 Å². The van der Waals surface area contributed by atoms with Crippen LogP contribution in [0.4, 0.5) is 0 Å². The maximum absolute atomic E-state index is 13.3. The van der Waals surface area contributed by atoms with E-state index in [1.165, 1.54) is 19.4 Å². The van der Waals surface area contributed by atoms with Crippen LogP contribution in [0.2, 0.25) is 10.0 Å². The lowest BCUT2D eigenvalue weighted by molar-refractivity contribution is -0.122. The standard InChI is InChI=1S/C30H34Cl2N2O5/c1-18(15-24(35)19(2)34-29(37)27-28(36)26(38-5)13-14-33-27)22(16-20-9-7-6-8-10-20)30(3,4)39-25-12-11-21(31)17-23(25)32/h6-14,17-19,22,36H,15-16H2,1-5H3,(H,34,37)/t18-,19+,22+/m1/s1. The van der Waals surface area contributed by atoms with Crippen molar-refractivity contribution in [3.05, 3.63) is 82.1 Å². The van der Waals surface area contributed by atoms with Crippen LogP contribution in [0.15, 0.2) is 60.8 Å². The van der Waals surface area contributed by atoms with Crippen molar-refractivity contribution in [3.8, 4) is 17.2 Å². The molecule has 0 aliphatic heterocycles. The highest BCUT2D eigenvalue weighted by Crippen LogP contribution is 2.38.